The van der Waals surface area contributed by atoms with Crippen LogP contribution in [-0.4, -0.2) is 18.4 Å². The van der Waals surface area contributed by atoms with Crippen molar-refractivity contribution in [3.63, 3.8) is 0 Å². The van der Waals surface area contributed by atoms with Crippen LogP contribution in [0.3, 0.4) is 0 Å². The van der Waals surface area contributed by atoms with Gasteiger partial charge in [-0.25, -0.2) is 0 Å². The van der Waals surface area contributed by atoms with Gasteiger partial charge < -0.3 is 10.6 Å². The van der Waals surface area contributed by atoms with Crippen LogP contribution in [0.25, 0.3) is 0 Å². The van der Waals surface area contributed by atoms with Gasteiger partial charge >= 0.3 is 0 Å². The Morgan fingerprint density at radius 3 is 2.21 bits per heavy atom. The number of carbonyl (C=O) groups is 2. The molecule has 5 heteroatoms. The molecule has 126 valence electrons. The van der Waals surface area contributed by atoms with Crippen molar-refractivity contribution in [1.29, 1.82) is 0 Å². The Morgan fingerprint density at radius 1 is 1.04 bits per heavy atom. The largest absolute Gasteiger partial charge is 0.348 e. The molecule has 24 heavy (non-hydrogen) atoms. The monoisotopic (exact) mass is 388 g/mol. The maximum atomic E-state index is 12.2. The molecule has 2 N–H and O–H groups in total. The standard InChI is InChI=1S/C19H21BrN2O2/c1-12-8-13(2)10-16(9-12)19(24)21-11-18(23)22-14(3)15-4-6-17(20)7-5-15/h4-10,14H,11H2,1-3H3,(H,21,24)(H,22,23). The van der Waals surface area contributed by atoms with Crippen LogP contribution < -0.4 is 10.6 Å². The van der Waals surface area contributed by atoms with Gasteiger partial charge in [0, 0.05) is 10.0 Å². The summed E-state index contributed by atoms with van der Waals surface area (Å²) in [4.78, 5) is 24.2. The topological polar surface area (TPSA) is 58.2 Å². The molecule has 0 saturated carbocycles. The molecule has 2 rings (SSSR count). The minimum atomic E-state index is -0.242. The molecule has 0 heterocycles. The molecule has 0 radical (unpaired) electrons. The number of aryl methyl sites for hydroxylation is 2. The Hall–Kier alpha value is -2.14. The average Bonchev–Trinajstić information content (AvgIpc) is 2.52. The SMILES string of the molecule is Cc1cc(C)cc(C(=O)NCC(=O)NC(C)c2ccc(Br)cc2)c1. The second-order valence-electron chi connectivity index (χ2n) is 5.90. The van der Waals surface area contributed by atoms with Crippen molar-refractivity contribution in [1.82, 2.24) is 10.6 Å². The third-order valence-corrected chi connectivity index (χ3v) is 4.17. The minimum Gasteiger partial charge on any atom is -0.348 e. The summed E-state index contributed by atoms with van der Waals surface area (Å²) in [6.45, 7) is 5.74. The van der Waals surface area contributed by atoms with Gasteiger partial charge in [0.05, 0.1) is 12.6 Å². The highest BCUT2D eigenvalue weighted by Gasteiger charge is 2.12. The number of rotatable bonds is 5. The molecular weight excluding hydrogens is 368 g/mol. The summed E-state index contributed by atoms with van der Waals surface area (Å²) in [5.41, 5.74) is 3.62. The second kappa shape index (κ2) is 8.11. The lowest BCUT2D eigenvalue weighted by molar-refractivity contribution is -0.120. The summed E-state index contributed by atoms with van der Waals surface area (Å²) in [6.07, 6.45) is 0. The van der Waals surface area contributed by atoms with E-state index < -0.39 is 0 Å². The Balaban J connectivity index is 1.88. The van der Waals surface area contributed by atoms with Crippen molar-refractivity contribution in [3.05, 3.63) is 69.2 Å². The number of benzene rings is 2. The van der Waals surface area contributed by atoms with E-state index in [0.717, 1.165) is 21.2 Å². The van der Waals surface area contributed by atoms with Crippen LogP contribution in [-0.2, 0) is 4.79 Å². The first-order valence-corrected chi connectivity index (χ1v) is 8.56. The molecule has 4 nitrogen and oxygen atoms in total. The van der Waals surface area contributed by atoms with Crippen LogP contribution in [0.2, 0.25) is 0 Å². The summed E-state index contributed by atoms with van der Waals surface area (Å²) in [5, 5.41) is 5.54. The number of amides is 2. The fraction of sp³-hybridized carbons (Fsp3) is 0.263. The van der Waals surface area contributed by atoms with Crippen LogP contribution in [0.5, 0.6) is 0 Å². The van der Waals surface area contributed by atoms with Gasteiger partial charge in [-0.1, -0.05) is 45.3 Å². The van der Waals surface area contributed by atoms with Gasteiger partial charge in [0.1, 0.15) is 0 Å². The molecule has 0 aromatic heterocycles. The van der Waals surface area contributed by atoms with Crippen molar-refractivity contribution in [2.75, 3.05) is 6.54 Å². The Labute approximate surface area is 150 Å². The van der Waals surface area contributed by atoms with E-state index in [1.54, 1.807) is 0 Å². The molecule has 0 bridgehead atoms. The Morgan fingerprint density at radius 2 is 1.62 bits per heavy atom. The average molecular weight is 389 g/mol. The van der Waals surface area contributed by atoms with E-state index in [4.69, 9.17) is 0 Å². The minimum absolute atomic E-state index is 0.0489. The summed E-state index contributed by atoms with van der Waals surface area (Å²) in [5.74, 6) is -0.462. The highest BCUT2D eigenvalue weighted by molar-refractivity contribution is 9.10. The third-order valence-electron chi connectivity index (χ3n) is 3.64. The van der Waals surface area contributed by atoms with Gasteiger partial charge in [-0.15, -0.1) is 0 Å². The number of carbonyl (C=O) groups excluding carboxylic acids is 2. The van der Waals surface area contributed by atoms with Gasteiger partial charge in [-0.3, -0.25) is 9.59 Å². The van der Waals surface area contributed by atoms with Crippen LogP contribution in [0.1, 0.15) is 40.0 Å². The number of nitrogens with one attached hydrogen (secondary N) is 2. The lowest BCUT2D eigenvalue weighted by Gasteiger charge is -2.15. The first-order valence-electron chi connectivity index (χ1n) is 7.76. The van der Waals surface area contributed by atoms with E-state index in [1.807, 2.05) is 63.2 Å². The molecule has 0 aliphatic rings. The normalized spacial score (nSPS) is 11.7. The molecule has 1 atom stereocenters. The van der Waals surface area contributed by atoms with E-state index in [-0.39, 0.29) is 24.4 Å². The predicted octanol–water partition coefficient (Wildman–Crippen LogP) is 3.67. The van der Waals surface area contributed by atoms with Gasteiger partial charge in [-0.2, -0.15) is 0 Å². The summed E-state index contributed by atoms with van der Waals surface area (Å²) < 4.78 is 0.991. The summed E-state index contributed by atoms with van der Waals surface area (Å²) >= 11 is 3.38. The van der Waals surface area contributed by atoms with Crippen LogP contribution in [0.4, 0.5) is 0 Å². The van der Waals surface area contributed by atoms with Gasteiger partial charge in [-0.05, 0) is 50.6 Å². The number of halogens is 1. The zero-order valence-electron chi connectivity index (χ0n) is 14.0. The molecule has 0 saturated heterocycles. The Kier molecular flexibility index (Phi) is 6.15. The molecule has 1 unspecified atom stereocenters. The van der Waals surface area contributed by atoms with Crippen molar-refractivity contribution < 1.29 is 9.59 Å². The molecular formula is C19H21BrN2O2. The highest BCUT2D eigenvalue weighted by Crippen LogP contribution is 2.16. The maximum Gasteiger partial charge on any atom is 0.251 e. The predicted molar refractivity (Wildman–Crippen MR) is 98.9 cm³/mol. The van der Waals surface area contributed by atoms with Crippen molar-refractivity contribution in [2.45, 2.75) is 26.8 Å². The first-order chi connectivity index (χ1) is 11.3. The molecule has 0 aliphatic heterocycles. The van der Waals surface area contributed by atoms with Crippen molar-refractivity contribution in [2.24, 2.45) is 0 Å². The third kappa shape index (κ3) is 5.20. The fourth-order valence-electron chi connectivity index (χ4n) is 2.50. The van der Waals surface area contributed by atoms with E-state index >= 15 is 0 Å². The van der Waals surface area contributed by atoms with Crippen molar-refractivity contribution >= 4 is 27.7 Å². The summed E-state index contributed by atoms with van der Waals surface area (Å²) in [7, 11) is 0. The van der Waals surface area contributed by atoms with E-state index in [9.17, 15) is 9.59 Å². The summed E-state index contributed by atoms with van der Waals surface area (Å²) in [6, 6.07) is 13.3. The molecule has 0 aliphatic carbocycles. The van der Waals surface area contributed by atoms with E-state index in [2.05, 4.69) is 26.6 Å². The molecule has 2 aromatic carbocycles. The van der Waals surface area contributed by atoms with E-state index in [1.165, 1.54) is 0 Å². The van der Waals surface area contributed by atoms with Crippen LogP contribution in [0, 0.1) is 13.8 Å². The lowest BCUT2D eigenvalue weighted by Crippen LogP contribution is -2.38. The fourth-order valence-corrected chi connectivity index (χ4v) is 2.76. The maximum absolute atomic E-state index is 12.2. The highest BCUT2D eigenvalue weighted by atomic mass is 79.9. The zero-order chi connectivity index (χ0) is 17.7. The lowest BCUT2D eigenvalue weighted by atomic mass is 10.1. The van der Waals surface area contributed by atoms with Crippen LogP contribution >= 0.6 is 15.9 Å². The number of hydrogen-bond donors (Lipinski definition) is 2. The zero-order valence-corrected chi connectivity index (χ0v) is 15.6. The van der Waals surface area contributed by atoms with Crippen LogP contribution in [0.15, 0.2) is 46.9 Å². The van der Waals surface area contributed by atoms with Gasteiger partial charge in [0.15, 0.2) is 0 Å². The van der Waals surface area contributed by atoms with Crippen molar-refractivity contribution in [3.8, 4) is 0 Å². The van der Waals surface area contributed by atoms with Gasteiger partial charge in [0.2, 0.25) is 5.91 Å². The number of hydrogen-bond acceptors (Lipinski definition) is 2. The molecule has 2 amide bonds. The second-order valence-corrected chi connectivity index (χ2v) is 6.82. The first kappa shape index (κ1) is 18.2. The quantitative estimate of drug-likeness (QED) is 0.820. The molecule has 0 fully saturated rings. The smallest absolute Gasteiger partial charge is 0.251 e. The molecule has 2 aromatic rings. The van der Waals surface area contributed by atoms with Gasteiger partial charge in [0.25, 0.3) is 5.91 Å². The van der Waals surface area contributed by atoms with E-state index in [0.29, 0.717) is 5.56 Å². The molecule has 0 spiro atoms. The Bertz CT molecular complexity index is 721.